The summed E-state index contributed by atoms with van der Waals surface area (Å²) in [5, 5.41) is 1.07. The molecule has 0 radical (unpaired) electrons. The molecule has 106 valence electrons. The molecule has 2 heterocycles. The predicted molar refractivity (Wildman–Crippen MR) is 81.3 cm³/mol. The molecule has 3 rings (SSSR count). The van der Waals surface area contributed by atoms with Crippen LogP contribution in [0.1, 0.15) is 35.7 Å². The molecular formula is C17H23N2O+. The van der Waals surface area contributed by atoms with Crippen LogP contribution in [0.2, 0.25) is 0 Å². The summed E-state index contributed by atoms with van der Waals surface area (Å²) in [4.78, 5) is 17.2. The Hall–Kier alpha value is -1.61. The van der Waals surface area contributed by atoms with Crippen LogP contribution < -0.4 is 4.90 Å². The minimum absolute atomic E-state index is 0.269. The SMILES string of the molecule is Cc1ccc2[nH]cc(C(=O)C[NH+]3CCC[C@H](C)C3)c2c1. The Kier molecular flexibility index (Phi) is 3.62. The second-order valence-electron chi connectivity index (χ2n) is 6.30. The third kappa shape index (κ3) is 2.63. The van der Waals surface area contributed by atoms with Crippen LogP contribution >= 0.6 is 0 Å². The average Bonchev–Trinajstić information content (AvgIpc) is 2.81. The lowest BCUT2D eigenvalue weighted by Gasteiger charge is -2.27. The highest BCUT2D eigenvalue weighted by atomic mass is 16.1. The number of ketones is 1. The number of rotatable bonds is 3. The van der Waals surface area contributed by atoms with Crippen molar-refractivity contribution < 1.29 is 9.69 Å². The van der Waals surface area contributed by atoms with Gasteiger partial charge < -0.3 is 9.88 Å². The van der Waals surface area contributed by atoms with Gasteiger partial charge >= 0.3 is 0 Å². The molecule has 1 aromatic heterocycles. The largest absolute Gasteiger partial charge is 0.360 e. The van der Waals surface area contributed by atoms with Crippen molar-refractivity contribution in [3.05, 3.63) is 35.5 Å². The second kappa shape index (κ2) is 5.41. The predicted octanol–water partition coefficient (Wildman–Crippen LogP) is 1.97. The molecule has 1 fully saturated rings. The van der Waals surface area contributed by atoms with Crippen LogP contribution in [0.25, 0.3) is 10.9 Å². The summed E-state index contributed by atoms with van der Waals surface area (Å²) in [5.41, 5.74) is 3.11. The Morgan fingerprint density at radius 3 is 3.10 bits per heavy atom. The van der Waals surface area contributed by atoms with Gasteiger partial charge in [-0.3, -0.25) is 4.79 Å². The van der Waals surface area contributed by atoms with E-state index in [0.29, 0.717) is 6.54 Å². The molecule has 2 aromatic rings. The fourth-order valence-corrected chi connectivity index (χ4v) is 3.35. The number of hydrogen-bond acceptors (Lipinski definition) is 1. The summed E-state index contributed by atoms with van der Waals surface area (Å²) in [7, 11) is 0. The van der Waals surface area contributed by atoms with Gasteiger partial charge in [-0.25, -0.2) is 0 Å². The molecule has 0 saturated carbocycles. The lowest BCUT2D eigenvalue weighted by molar-refractivity contribution is -0.900. The number of H-pyrrole nitrogens is 1. The molecule has 2 N–H and O–H groups in total. The quantitative estimate of drug-likeness (QED) is 0.823. The molecular weight excluding hydrogens is 248 g/mol. The van der Waals surface area contributed by atoms with Crippen molar-refractivity contribution in [2.45, 2.75) is 26.7 Å². The van der Waals surface area contributed by atoms with Crippen molar-refractivity contribution in [1.29, 1.82) is 0 Å². The van der Waals surface area contributed by atoms with Crippen LogP contribution in [0.3, 0.4) is 0 Å². The van der Waals surface area contributed by atoms with E-state index < -0.39 is 0 Å². The monoisotopic (exact) mass is 271 g/mol. The molecule has 1 saturated heterocycles. The Morgan fingerprint density at radius 2 is 2.30 bits per heavy atom. The maximum absolute atomic E-state index is 12.6. The highest BCUT2D eigenvalue weighted by Gasteiger charge is 2.23. The average molecular weight is 271 g/mol. The summed E-state index contributed by atoms with van der Waals surface area (Å²) in [6.45, 7) is 7.26. The van der Waals surface area contributed by atoms with Gasteiger partial charge in [0, 0.05) is 28.6 Å². The van der Waals surface area contributed by atoms with Crippen molar-refractivity contribution in [2.75, 3.05) is 19.6 Å². The maximum Gasteiger partial charge on any atom is 0.219 e. The normalized spacial score (nSPS) is 23.1. The van der Waals surface area contributed by atoms with E-state index in [2.05, 4.69) is 37.0 Å². The number of quaternary nitrogens is 1. The number of aryl methyl sites for hydroxylation is 1. The fourth-order valence-electron chi connectivity index (χ4n) is 3.35. The first kappa shape index (κ1) is 13.4. The molecule has 0 bridgehead atoms. The molecule has 20 heavy (non-hydrogen) atoms. The second-order valence-corrected chi connectivity index (χ2v) is 6.30. The zero-order valence-corrected chi connectivity index (χ0v) is 12.3. The Labute approximate surface area is 120 Å². The topological polar surface area (TPSA) is 37.3 Å². The smallest absolute Gasteiger partial charge is 0.219 e. The number of aromatic nitrogens is 1. The number of benzene rings is 1. The van der Waals surface area contributed by atoms with Gasteiger partial charge in [0.15, 0.2) is 0 Å². The van der Waals surface area contributed by atoms with Gasteiger partial charge in [-0.1, -0.05) is 18.6 Å². The van der Waals surface area contributed by atoms with Crippen LogP contribution in [0.15, 0.2) is 24.4 Å². The van der Waals surface area contributed by atoms with Gasteiger partial charge in [-0.05, 0) is 31.9 Å². The molecule has 0 spiro atoms. The van der Waals surface area contributed by atoms with E-state index in [-0.39, 0.29) is 5.78 Å². The summed E-state index contributed by atoms with van der Waals surface area (Å²) in [5.74, 6) is 1.02. The number of hydrogen-bond donors (Lipinski definition) is 2. The Balaban J connectivity index is 1.80. The molecule has 1 aliphatic heterocycles. The number of likely N-dealkylation sites (tertiary alicyclic amines) is 1. The minimum Gasteiger partial charge on any atom is -0.360 e. The lowest BCUT2D eigenvalue weighted by atomic mass is 9.99. The van der Waals surface area contributed by atoms with E-state index in [1.165, 1.54) is 23.3 Å². The number of aromatic amines is 1. The number of carbonyl (C=O) groups is 1. The highest BCUT2D eigenvalue weighted by Crippen LogP contribution is 2.19. The lowest BCUT2D eigenvalue weighted by Crippen LogP contribution is -3.14. The van der Waals surface area contributed by atoms with Gasteiger partial charge in [0.05, 0.1) is 13.1 Å². The minimum atomic E-state index is 0.269. The Morgan fingerprint density at radius 1 is 1.45 bits per heavy atom. The molecule has 1 aromatic carbocycles. The molecule has 3 heteroatoms. The van der Waals surface area contributed by atoms with Crippen molar-refractivity contribution in [3.8, 4) is 0 Å². The van der Waals surface area contributed by atoms with Crippen LogP contribution in [-0.4, -0.2) is 30.4 Å². The van der Waals surface area contributed by atoms with Crippen LogP contribution in [0, 0.1) is 12.8 Å². The van der Waals surface area contributed by atoms with Crippen LogP contribution in [0.4, 0.5) is 0 Å². The molecule has 2 atom stereocenters. The van der Waals surface area contributed by atoms with E-state index in [4.69, 9.17) is 0 Å². The Bertz CT molecular complexity index is 629. The van der Waals surface area contributed by atoms with Crippen molar-refractivity contribution in [2.24, 2.45) is 5.92 Å². The molecule has 0 aliphatic carbocycles. The molecule has 1 aliphatic rings. The maximum atomic E-state index is 12.6. The molecule has 1 unspecified atom stereocenters. The summed E-state index contributed by atoms with van der Waals surface area (Å²) in [6, 6.07) is 6.23. The summed E-state index contributed by atoms with van der Waals surface area (Å²) >= 11 is 0. The van der Waals surface area contributed by atoms with Crippen molar-refractivity contribution >= 4 is 16.7 Å². The number of fused-ring (bicyclic) bond motifs is 1. The van der Waals surface area contributed by atoms with E-state index in [1.807, 2.05) is 6.20 Å². The van der Waals surface area contributed by atoms with Gasteiger partial charge in [0.25, 0.3) is 0 Å². The van der Waals surface area contributed by atoms with Crippen LogP contribution in [0.5, 0.6) is 0 Å². The van der Waals surface area contributed by atoms with Crippen LogP contribution in [-0.2, 0) is 0 Å². The third-order valence-electron chi connectivity index (χ3n) is 4.41. The van der Waals surface area contributed by atoms with Gasteiger partial charge in [0.2, 0.25) is 5.78 Å². The number of piperidine rings is 1. The number of Topliss-reactive ketones (excluding diaryl/α,β-unsaturated/α-hetero) is 1. The first-order chi connectivity index (χ1) is 9.63. The number of carbonyl (C=O) groups excluding carboxylic acids is 1. The molecule has 0 amide bonds. The highest BCUT2D eigenvalue weighted by molar-refractivity contribution is 6.08. The van der Waals surface area contributed by atoms with E-state index in [0.717, 1.165) is 35.5 Å². The van der Waals surface area contributed by atoms with Crippen molar-refractivity contribution in [3.63, 3.8) is 0 Å². The van der Waals surface area contributed by atoms with E-state index in [1.54, 1.807) is 0 Å². The zero-order chi connectivity index (χ0) is 14.1. The van der Waals surface area contributed by atoms with Crippen molar-refractivity contribution in [1.82, 2.24) is 4.98 Å². The molecule has 3 nitrogen and oxygen atoms in total. The van der Waals surface area contributed by atoms with Gasteiger partial charge in [-0.15, -0.1) is 0 Å². The standard InChI is InChI=1S/C17H22N2O/c1-12-5-6-16-14(8-12)15(9-18-16)17(20)11-19-7-3-4-13(2)10-19/h5-6,8-9,13,18H,3-4,7,10-11H2,1-2H3/p+1/t13-/m0/s1. The summed E-state index contributed by atoms with van der Waals surface area (Å²) in [6.07, 6.45) is 4.43. The fraction of sp³-hybridized carbons (Fsp3) is 0.471. The van der Waals surface area contributed by atoms with Gasteiger partial charge in [0.1, 0.15) is 6.54 Å². The van der Waals surface area contributed by atoms with E-state index >= 15 is 0 Å². The van der Waals surface area contributed by atoms with E-state index in [9.17, 15) is 4.79 Å². The number of nitrogens with one attached hydrogen (secondary N) is 2. The first-order valence-electron chi connectivity index (χ1n) is 7.58. The summed E-state index contributed by atoms with van der Waals surface area (Å²) < 4.78 is 0. The third-order valence-corrected chi connectivity index (χ3v) is 4.41. The van der Waals surface area contributed by atoms with Gasteiger partial charge in [-0.2, -0.15) is 0 Å². The zero-order valence-electron chi connectivity index (χ0n) is 12.3. The first-order valence-corrected chi connectivity index (χ1v) is 7.58.